The van der Waals surface area contributed by atoms with Gasteiger partial charge in [-0.25, -0.2) is 0 Å². The largest absolute Gasteiger partial charge is 0.354 e. The summed E-state index contributed by atoms with van der Waals surface area (Å²) in [4.78, 5) is 15.7. The molecule has 1 aromatic heterocycles. The van der Waals surface area contributed by atoms with E-state index < -0.39 is 0 Å². The van der Waals surface area contributed by atoms with Gasteiger partial charge in [0.1, 0.15) is 0 Å². The van der Waals surface area contributed by atoms with Crippen molar-refractivity contribution in [3.8, 4) is 0 Å². The zero-order valence-corrected chi connectivity index (χ0v) is 12.0. The van der Waals surface area contributed by atoms with Crippen molar-refractivity contribution in [1.82, 2.24) is 15.0 Å². The highest BCUT2D eigenvalue weighted by molar-refractivity contribution is 7.99. The summed E-state index contributed by atoms with van der Waals surface area (Å²) < 4.78 is 0. The number of hydrogen-bond acceptors (Lipinski definition) is 6. The monoisotopic (exact) mass is 267 g/mol. The molecule has 0 atom stereocenters. The van der Waals surface area contributed by atoms with Crippen LogP contribution in [0.3, 0.4) is 0 Å². The van der Waals surface area contributed by atoms with Gasteiger partial charge in [-0.3, -0.25) is 0 Å². The van der Waals surface area contributed by atoms with Gasteiger partial charge in [0.25, 0.3) is 0 Å². The van der Waals surface area contributed by atoms with E-state index in [1.165, 1.54) is 19.3 Å². The summed E-state index contributed by atoms with van der Waals surface area (Å²) in [5.74, 6) is 2.51. The summed E-state index contributed by atoms with van der Waals surface area (Å²) >= 11 is 1.66. The first-order valence-corrected chi connectivity index (χ1v) is 7.69. The highest BCUT2D eigenvalue weighted by Gasteiger charge is 2.15. The molecule has 1 aliphatic rings. The third kappa shape index (κ3) is 3.48. The minimum Gasteiger partial charge on any atom is -0.354 e. The molecule has 0 aromatic carbocycles. The SMILES string of the molecule is CCNc1nc(SCC)nc(N2CCCCC2)n1. The van der Waals surface area contributed by atoms with Crippen LogP contribution in [0, 0.1) is 0 Å². The van der Waals surface area contributed by atoms with Gasteiger partial charge in [0.05, 0.1) is 0 Å². The number of hydrogen-bond donors (Lipinski definition) is 1. The lowest BCUT2D eigenvalue weighted by Crippen LogP contribution is -2.31. The molecule has 1 aliphatic heterocycles. The molecule has 1 saturated heterocycles. The van der Waals surface area contributed by atoms with E-state index in [9.17, 15) is 0 Å². The lowest BCUT2D eigenvalue weighted by Gasteiger charge is -2.26. The summed E-state index contributed by atoms with van der Waals surface area (Å²) in [6.45, 7) is 7.12. The summed E-state index contributed by atoms with van der Waals surface area (Å²) in [6, 6.07) is 0. The molecule has 2 rings (SSSR count). The Morgan fingerprint density at radius 2 is 1.89 bits per heavy atom. The molecule has 6 heteroatoms. The molecule has 0 aliphatic carbocycles. The topological polar surface area (TPSA) is 53.9 Å². The number of nitrogens with zero attached hydrogens (tertiary/aromatic N) is 4. The van der Waals surface area contributed by atoms with Crippen LogP contribution in [0.1, 0.15) is 33.1 Å². The second-order valence-corrected chi connectivity index (χ2v) is 5.48. The van der Waals surface area contributed by atoms with Crippen molar-refractivity contribution in [2.45, 2.75) is 38.3 Å². The Kier molecular flexibility index (Phi) is 5.04. The Hall–Kier alpha value is -1.04. The minimum atomic E-state index is 0.698. The quantitative estimate of drug-likeness (QED) is 0.827. The maximum absolute atomic E-state index is 4.56. The standard InChI is InChI=1S/C12H21N5S/c1-3-13-10-14-11(16-12(15-10)18-4-2)17-8-6-5-7-9-17/h3-9H2,1-2H3,(H,13,14,15,16). The second-order valence-electron chi connectivity index (χ2n) is 4.25. The average molecular weight is 267 g/mol. The molecule has 0 spiro atoms. The molecule has 1 aromatic rings. The van der Waals surface area contributed by atoms with Crippen LogP contribution >= 0.6 is 11.8 Å². The molecule has 0 unspecified atom stereocenters. The molecule has 0 amide bonds. The molecule has 1 N–H and O–H groups in total. The van der Waals surface area contributed by atoms with Gasteiger partial charge in [0, 0.05) is 19.6 Å². The van der Waals surface area contributed by atoms with Crippen molar-refractivity contribution in [3.05, 3.63) is 0 Å². The fraction of sp³-hybridized carbons (Fsp3) is 0.750. The fourth-order valence-electron chi connectivity index (χ4n) is 2.01. The fourth-order valence-corrected chi connectivity index (χ4v) is 2.57. The molecule has 100 valence electrons. The van der Waals surface area contributed by atoms with Gasteiger partial charge in [-0.2, -0.15) is 15.0 Å². The number of nitrogens with one attached hydrogen (secondary N) is 1. The van der Waals surface area contributed by atoms with E-state index in [-0.39, 0.29) is 0 Å². The van der Waals surface area contributed by atoms with Crippen molar-refractivity contribution < 1.29 is 0 Å². The van der Waals surface area contributed by atoms with Crippen molar-refractivity contribution in [1.29, 1.82) is 0 Å². The van der Waals surface area contributed by atoms with Gasteiger partial charge >= 0.3 is 0 Å². The zero-order chi connectivity index (χ0) is 12.8. The van der Waals surface area contributed by atoms with Crippen molar-refractivity contribution >= 4 is 23.7 Å². The first kappa shape index (κ1) is 13.4. The van der Waals surface area contributed by atoms with Crippen LogP contribution in [0.4, 0.5) is 11.9 Å². The van der Waals surface area contributed by atoms with E-state index in [1.54, 1.807) is 11.8 Å². The van der Waals surface area contributed by atoms with Gasteiger partial charge in [-0.05, 0) is 31.9 Å². The molecular formula is C12H21N5S. The Labute approximate surface area is 113 Å². The van der Waals surface area contributed by atoms with Gasteiger partial charge in [0.2, 0.25) is 11.9 Å². The number of thioether (sulfide) groups is 1. The number of piperidine rings is 1. The van der Waals surface area contributed by atoms with E-state index in [0.29, 0.717) is 5.95 Å². The molecule has 0 radical (unpaired) electrons. The number of anilines is 2. The Morgan fingerprint density at radius 3 is 2.56 bits per heavy atom. The van der Waals surface area contributed by atoms with E-state index >= 15 is 0 Å². The molecule has 18 heavy (non-hydrogen) atoms. The maximum Gasteiger partial charge on any atom is 0.231 e. The predicted molar refractivity (Wildman–Crippen MR) is 76.5 cm³/mol. The van der Waals surface area contributed by atoms with Gasteiger partial charge in [-0.15, -0.1) is 0 Å². The van der Waals surface area contributed by atoms with Crippen LogP contribution in [-0.4, -0.2) is 40.3 Å². The molecule has 5 nitrogen and oxygen atoms in total. The molecule has 0 bridgehead atoms. The Morgan fingerprint density at radius 1 is 1.11 bits per heavy atom. The molecule has 2 heterocycles. The van der Waals surface area contributed by atoms with E-state index in [2.05, 4.69) is 39.0 Å². The number of aromatic nitrogens is 3. The average Bonchev–Trinajstić information content (AvgIpc) is 2.40. The van der Waals surface area contributed by atoms with Gasteiger partial charge in [-0.1, -0.05) is 18.7 Å². The maximum atomic E-state index is 4.56. The summed E-state index contributed by atoms with van der Waals surface area (Å²) in [6.07, 6.45) is 3.79. The van der Waals surface area contributed by atoms with Crippen molar-refractivity contribution in [2.75, 3.05) is 35.6 Å². The first-order valence-electron chi connectivity index (χ1n) is 6.71. The van der Waals surface area contributed by atoms with Crippen LogP contribution < -0.4 is 10.2 Å². The molecule has 1 fully saturated rings. The molecule has 0 saturated carbocycles. The zero-order valence-electron chi connectivity index (χ0n) is 11.1. The number of rotatable bonds is 5. The minimum absolute atomic E-state index is 0.698. The van der Waals surface area contributed by atoms with Crippen LogP contribution in [0.2, 0.25) is 0 Å². The van der Waals surface area contributed by atoms with E-state index in [4.69, 9.17) is 0 Å². The third-order valence-corrected chi connectivity index (χ3v) is 3.58. The van der Waals surface area contributed by atoms with E-state index in [1.807, 2.05) is 0 Å². The lowest BCUT2D eigenvalue weighted by atomic mass is 10.1. The summed E-state index contributed by atoms with van der Waals surface area (Å²) in [5, 5.41) is 4.01. The van der Waals surface area contributed by atoms with Crippen LogP contribution in [0.25, 0.3) is 0 Å². The van der Waals surface area contributed by atoms with E-state index in [0.717, 1.165) is 36.5 Å². The van der Waals surface area contributed by atoms with Gasteiger partial charge in [0.15, 0.2) is 5.16 Å². The summed E-state index contributed by atoms with van der Waals surface area (Å²) in [7, 11) is 0. The van der Waals surface area contributed by atoms with Crippen LogP contribution in [0.15, 0.2) is 5.16 Å². The normalized spacial score (nSPS) is 15.8. The van der Waals surface area contributed by atoms with Crippen LogP contribution in [-0.2, 0) is 0 Å². The molecular weight excluding hydrogens is 246 g/mol. The van der Waals surface area contributed by atoms with Crippen LogP contribution in [0.5, 0.6) is 0 Å². The highest BCUT2D eigenvalue weighted by atomic mass is 32.2. The highest BCUT2D eigenvalue weighted by Crippen LogP contribution is 2.20. The first-order chi connectivity index (χ1) is 8.83. The Balaban J connectivity index is 2.20. The van der Waals surface area contributed by atoms with Crippen molar-refractivity contribution in [3.63, 3.8) is 0 Å². The lowest BCUT2D eigenvalue weighted by molar-refractivity contribution is 0.565. The van der Waals surface area contributed by atoms with Crippen molar-refractivity contribution in [2.24, 2.45) is 0 Å². The van der Waals surface area contributed by atoms with Gasteiger partial charge < -0.3 is 10.2 Å². The smallest absolute Gasteiger partial charge is 0.231 e. The second kappa shape index (κ2) is 6.78. The third-order valence-electron chi connectivity index (χ3n) is 2.85. The summed E-state index contributed by atoms with van der Waals surface area (Å²) in [5.41, 5.74) is 0. The predicted octanol–water partition coefficient (Wildman–Crippen LogP) is 2.41. The Bertz CT molecular complexity index is 354.